The number of nitrogens with zero attached hydrogens (tertiary/aromatic N) is 2. The minimum Gasteiger partial charge on any atom is -0.262 e. The van der Waals surface area contributed by atoms with E-state index in [4.69, 9.17) is 0 Å². The van der Waals surface area contributed by atoms with Gasteiger partial charge in [-0.05, 0) is 13.3 Å². The minimum atomic E-state index is 0.632. The lowest BCUT2D eigenvalue weighted by Gasteiger charge is -1.86. The first kappa shape index (κ1) is 8.82. The monoisotopic (exact) mass is 190 g/mol. The van der Waals surface area contributed by atoms with Gasteiger partial charge in [-0.25, -0.2) is 4.99 Å². The van der Waals surface area contributed by atoms with Crippen LogP contribution in [0.15, 0.2) is 9.98 Å². The third-order valence-corrected chi connectivity index (χ3v) is 1.23. The Morgan fingerprint density at radius 1 is 1.67 bits per heavy atom. The van der Waals surface area contributed by atoms with Gasteiger partial charge in [0.15, 0.2) is 0 Å². The molecule has 0 aliphatic rings. The Labute approximate surface area is 64.2 Å². The second kappa shape index (κ2) is 5.95. The molecule has 9 heavy (non-hydrogen) atoms. The van der Waals surface area contributed by atoms with Gasteiger partial charge in [0.1, 0.15) is 6.34 Å². The largest absolute Gasteiger partial charge is 0.262 e. The molecule has 0 bridgehead atoms. The summed E-state index contributed by atoms with van der Waals surface area (Å²) in [5.41, 5.74) is 1.74. The van der Waals surface area contributed by atoms with Crippen LogP contribution in [-0.2, 0) is 0 Å². The van der Waals surface area contributed by atoms with Gasteiger partial charge >= 0.3 is 0 Å². The van der Waals surface area contributed by atoms with Gasteiger partial charge < -0.3 is 0 Å². The maximum atomic E-state index is 4.03. The molecule has 0 aromatic carbocycles. The predicted octanol–water partition coefficient (Wildman–Crippen LogP) is 2.24. The quantitative estimate of drug-likeness (QED) is 0.283. The van der Waals surface area contributed by atoms with Gasteiger partial charge in [0.25, 0.3) is 0 Å². The topological polar surface area (TPSA) is 24.7 Å². The van der Waals surface area contributed by atoms with E-state index in [0.717, 1.165) is 12.1 Å². The second-order valence-electron chi connectivity index (χ2n) is 1.64. The molecule has 0 saturated heterocycles. The first-order valence-corrected chi connectivity index (χ1v) is 4.01. The van der Waals surface area contributed by atoms with E-state index in [1.807, 2.05) is 6.92 Å². The van der Waals surface area contributed by atoms with Crippen LogP contribution in [0.2, 0.25) is 0 Å². The van der Waals surface area contributed by atoms with E-state index >= 15 is 0 Å². The number of aliphatic imine (C=N–C) groups is 2. The minimum absolute atomic E-state index is 0.632. The van der Waals surface area contributed by atoms with Crippen molar-refractivity contribution >= 4 is 28.0 Å². The maximum Gasteiger partial charge on any atom is 0.110 e. The molecule has 0 N–H and O–H groups in total. The average Bonchev–Trinajstić information content (AvgIpc) is 1.89. The van der Waals surface area contributed by atoms with Gasteiger partial charge in [0, 0.05) is 5.71 Å². The molecule has 0 fully saturated rings. The lowest BCUT2D eigenvalue weighted by atomic mass is 10.3. The number of alkyl halides is 1. The zero-order valence-electron chi connectivity index (χ0n) is 5.76. The van der Waals surface area contributed by atoms with E-state index in [-0.39, 0.29) is 0 Å². The molecule has 0 spiro atoms. The fourth-order valence-electron chi connectivity index (χ4n) is 0.262. The van der Waals surface area contributed by atoms with Crippen LogP contribution >= 0.6 is 15.9 Å². The van der Waals surface area contributed by atoms with Crippen LogP contribution in [0.25, 0.3) is 0 Å². The van der Waals surface area contributed by atoms with Gasteiger partial charge in [-0.15, -0.1) is 0 Å². The van der Waals surface area contributed by atoms with Crippen LogP contribution in [0, 0.1) is 0 Å². The lowest BCUT2D eigenvalue weighted by molar-refractivity contribution is 1.26. The summed E-state index contributed by atoms with van der Waals surface area (Å²) < 4.78 is 0. The molecular formula is C6H11BrN2. The first-order valence-electron chi connectivity index (χ1n) is 2.88. The molecule has 0 aromatic heterocycles. The van der Waals surface area contributed by atoms with Gasteiger partial charge in [0.2, 0.25) is 0 Å². The molecule has 0 saturated carbocycles. The summed E-state index contributed by atoms with van der Waals surface area (Å²) in [6, 6.07) is 0. The molecule has 0 aliphatic heterocycles. The summed E-state index contributed by atoms with van der Waals surface area (Å²) in [7, 11) is 0. The summed E-state index contributed by atoms with van der Waals surface area (Å²) in [6.07, 6.45) is 2.57. The fourth-order valence-corrected chi connectivity index (χ4v) is 0.391. The summed E-state index contributed by atoms with van der Waals surface area (Å²) >= 11 is 3.15. The highest BCUT2D eigenvalue weighted by atomic mass is 79.9. The number of hydrogen-bond donors (Lipinski definition) is 0. The Morgan fingerprint density at radius 3 is 2.78 bits per heavy atom. The van der Waals surface area contributed by atoms with Crippen LogP contribution < -0.4 is 0 Å². The van der Waals surface area contributed by atoms with Crippen molar-refractivity contribution in [3.63, 3.8) is 0 Å². The Hall–Kier alpha value is -0.180. The molecule has 0 aliphatic carbocycles. The van der Waals surface area contributed by atoms with E-state index in [1.165, 1.54) is 0 Å². The standard InChI is InChI=1S/C6H11BrN2/c1-3-6(2)9-5-8-4-7/h5H,3-4H2,1-2H3. The molecule has 0 rings (SSSR count). The van der Waals surface area contributed by atoms with E-state index in [1.54, 1.807) is 6.34 Å². The van der Waals surface area contributed by atoms with Crippen molar-refractivity contribution < 1.29 is 0 Å². The smallest absolute Gasteiger partial charge is 0.110 e. The van der Waals surface area contributed by atoms with Crippen molar-refractivity contribution in [2.75, 3.05) is 5.45 Å². The zero-order valence-corrected chi connectivity index (χ0v) is 7.35. The normalized spacial score (nSPS) is 13.0. The van der Waals surface area contributed by atoms with Crippen molar-refractivity contribution in [2.24, 2.45) is 9.98 Å². The SMILES string of the molecule is CCC(C)=NC=NCBr. The summed E-state index contributed by atoms with van der Waals surface area (Å²) in [5, 5.41) is 0. The Morgan fingerprint density at radius 2 is 2.33 bits per heavy atom. The molecular weight excluding hydrogens is 180 g/mol. The molecule has 52 valence electrons. The Balaban J connectivity index is 3.55. The van der Waals surface area contributed by atoms with Crippen molar-refractivity contribution in [3.05, 3.63) is 0 Å². The second-order valence-corrected chi connectivity index (χ2v) is 2.14. The number of rotatable bonds is 3. The van der Waals surface area contributed by atoms with Crippen LogP contribution in [0.4, 0.5) is 0 Å². The predicted molar refractivity (Wildman–Crippen MR) is 45.7 cm³/mol. The van der Waals surface area contributed by atoms with Crippen LogP contribution in [-0.4, -0.2) is 17.5 Å². The van der Waals surface area contributed by atoms with Crippen LogP contribution in [0.5, 0.6) is 0 Å². The van der Waals surface area contributed by atoms with Crippen molar-refractivity contribution in [3.8, 4) is 0 Å². The zero-order chi connectivity index (χ0) is 7.11. The van der Waals surface area contributed by atoms with Crippen LogP contribution in [0.1, 0.15) is 20.3 Å². The van der Waals surface area contributed by atoms with E-state index in [9.17, 15) is 0 Å². The van der Waals surface area contributed by atoms with Crippen LogP contribution in [0.3, 0.4) is 0 Å². The average molecular weight is 191 g/mol. The molecule has 0 atom stereocenters. The summed E-state index contributed by atoms with van der Waals surface area (Å²) in [4.78, 5) is 7.89. The third kappa shape index (κ3) is 5.69. The number of halogens is 1. The van der Waals surface area contributed by atoms with E-state index in [0.29, 0.717) is 5.45 Å². The van der Waals surface area contributed by atoms with E-state index in [2.05, 4.69) is 32.8 Å². The Bertz CT molecular complexity index is 118. The lowest BCUT2D eigenvalue weighted by Crippen LogP contribution is -1.86. The number of hydrogen-bond acceptors (Lipinski definition) is 1. The molecule has 0 amide bonds. The first-order chi connectivity index (χ1) is 4.31. The molecule has 0 unspecified atom stereocenters. The highest BCUT2D eigenvalue weighted by Gasteiger charge is 1.78. The Kier molecular flexibility index (Phi) is 5.83. The van der Waals surface area contributed by atoms with Gasteiger partial charge in [0.05, 0.1) is 5.45 Å². The molecule has 0 radical (unpaired) electrons. The molecule has 3 heteroatoms. The molecule has 2 nitrogen and oxygen atoms in total. The van der Waals surface area contributed by atoms with Gasteiger partial charge in [-0.3, -0.25) is 4.99 Å². The summed E-state index contributed by atoms with van der Waals surface area (Å²) in [5.74, 6) is 0. The van der Waals surface area contributed by atoms with Crippen molar-refractivity contribution in [2.45, 2.75) is 20.3 Å². The van der Waals surface area contributed by atoms with Gasteiger partial charge in [-0.2, -0.15) is 0 Å². The van der Waals surface area contributed by atoms with Gasteiger partial charge in [-0.1, -0.05) is 22.9 Å². The van der Waals surface area contributed by atoms with E-state index < -0.39 is 0 Å². The highest BCUT2D eigenvalue weighted by Crippen LogP contribution is 1.83. The fraction of sp³-hybridized carbons (Fsp3) is 0.667. The summed E-state index contributed by atoms with van der Waals surface area (Å²) in [6.45, 7) is 4.06. The third-order valence-electron chi connectivity index (χ3n) is 0.940. The van der Waals surface area contributed by atoms with Crippen molar-refractivity contribution in [1.82, 2.24) is 0 Å². The van der Waals surface area contributed by atoms with Crippen molar-refractivity contribution in [1.29, 1.82) is 0 Å². The molecule has 0 heterocycles. The highest BCUT2D eigenvalue weighted by molar-refractivity contribution is 9.09. The maximum absolute atomic E-state index is 4.03. The molecule has 0 aromatic rings.